The highest BCUT2D eigenvalue weighted by Gasteiger charge is 2.21. The minimum Gasteiger partial charge on any atom is -0.506 e. The highest BCUT2D eigenvalue weighted by molar-refractivity contribution is 5.86. The smallest absolute Gasteiger partial charge is 0.239 e. The average molecular weight is 396 g/mol. The number of aromatic hydroxyl groups is 1. The number of benzene rings is 2. The monoisotopic (exact) mass is 395 g/mol. The Kier molecular flexibility index (Phi) is 7.33. The summed E-state index contributed by atoms with van der Waals surface area (Å²) < 4.78 is 0. The molecule has 154 valence electrons. The van der Waals surface area contributed by atoms with E-state index >= 15 is 0 Å². The quantitative estimate of drug-likeness (QED) is 0.510. The number of piperazine rings is 1. The van der Waals surface area contributed by atoms with Crippen molar-refractivity contribution in [2.24, 2.45) is 4.99 Å². The molecule has 7 nitrogen and oxygen atoms in total. The Bertz CT molecular complexity index is 817. The fourth-order valence-corrected chi connectivity index (χ4v) is 3.44. The van der Waals surface area contributed by atoms with E-state index in [0.717, 1.165) is 44.2 Å². The van der Waals surface area contributed by atoms with Crippen molar-refractivity contribution >= 4 is 17.6 Å². The molecule has 1 aliphatic heterocycles. The predicted molar refractivity (Wildman–Crippen MR) is 116 cm³/mol. The third kappa shape index (κ3) is 5.88. The molecule has 29 heavy (non-hydrogen) atoms. The third-order valence-electron chi connectivity index (χ3n) is 5.00. The minimum atomic E-state index is -0.0464. The van der Waals surface area contributed by atoms with Gasteiger partial charge in [0.25, 0.3) is 0 Å². The summed E-state index contributed by atoms with van der Waals surface area (Å²) in [7, 11) is 1.73. The number of nitrogens with one attached hydrogen (secondary N) is 2. The first kappa shape index (κ1) is 20.5. The van der Waals surface area contributed by atoms with Crippen LogP contribution >= 0.6 is 0 Å². The summed E-state index contributed by atoms with van der Waals surface area (Å²) in [6, 6.07) is 17.5. The maximum atomic E-state index is 12.1. The fraction of sp³-hybridized carbons (Fsp3) is 0.364. The lowest BCUT2D eigenvalue weighted by Crippen LogP contribution is -2.53. The summed E-state index contributed by atoms with van der Waals surface area (Å²) >= 11 is 0. The summed E-state index contributed by atoms with van der Waals surface area (Å²) in [5.41, 5.74) is 2.06. The van der Waals surface area contributed by atoms with Gasteiger partial charge in [-0.2, -0.15) is 0 Å². The second kappa shape index (κ2) is 10.4. The van der Waals surface area contributed by atoms with E-state index in [1.54, 1.807) is 13.1 Å². The summed E-state index contributed by atoms with van der Waals surface area (Å²) in [6.45, 7) is 3.90. The van der Waals surface area contributed by atoms with Crippen LogP contribution < -0.4 is 15.5 Å². The Balaban J connectivity index is 1.40. The van der Waals surface area contributed by atoms with Crippen LogP contribution in [0.25, 0.3) is 0 Å². The number of rotatable bonds is 6. The van der Waals surface area contributed by atoms with E-state index in [1.165, 1.54) is 5.56 Å². The molecule has 2 aromatic rings. The lowest BCUT2D eigenvalue weighted by atomic mass is 10.1. The van der Waals surface area contributed by atoms with Crippen LogP contribution in [0.1, 0.15) is 5.56 Å². The molecule has 0 spiro atoms. The van der Waals surface area contributed by atoms with Gasteiger partial charge >= 0.3 is 0 Å². The van der Waals surface area contributed by atoms with Crippen LogP contribution in [-0.2, 0) is 11.2 Å². The van der Waals surface area contributed by atoms with Crippen molar-refractivity contribution in [3.05, 3.63) is 60.2 Å². The van der Waals surface area contributed by atoms with Gasteiger partial charge in [0.1, 0.15) is 5.75 Å². The van der Waals surface area contributed by atoms with E-state index in [2.05, 4.69) is 37.6 Å². The average Bonchev–Trinajstić information content (AvgIpc) is 2.76. The molecule has 1 amide bonds. The molecule has 0 radical (unpaired) electrons. The maximum absolute atomic E-state index is 12.1. The zero-order chi connectivity index (χ0) is 20.5. The number of phenols is 1. The molecule has 0 aromatic heterocycles. The molecule has 0 aliphatic carbocycles. The Hall–Kier alpha value is -3.22. The van der Waals surface area contributed by atoms with Crippen LogP contribution in [0.5, 0.6) is 5.75 Å². The first-order valence-electron chi connectivity index (χ1n) is 9.96. The number of guanidine groups is 1. The Morgan fingerprint density at radius 1 is 1.00 bits per heavy atom. The van der Waals surface area contributed by atoms with Crippen molar-refractivity contribution in [2.75, 3.05) is 51.2 Å². The number of phenolic OH excluding ortho intramolecular Hbond substituents is 1. The maximum Gasteiger partial charge on any atom is 0.239 e. The van der Waals surface area contributed by atoms with Crippen LogP contribution in [0.4, 0.5) is 5.69 Å². The second-order valence-electron chi connectivity index (χ2n) is 6.95. The zero-order valence-electron chi connectivity index (χ0n) is 16.8. The number of carbonyl (C=O) groups excluding carboxylic acids is 1. The van der Waals surface area contributed by atoms with Gasteiger partial charge in [0, 0.05) is 39.8 Å². The van der Waals surface area contributed by atoms with Crippen molar-refractivity contribution in [2.45, 2.75) is 6.42 Å². The Morgan fingerprint density at radius 3 is 2.38 bits per heavy atom. The van der Waals surface area contributed by atoms with E-state index in [1.807, 2.05) is 36.4 Å². The molecule has 7 heteroatoms. The third-order valence-corrected chi connectivity index (χ3v) is 5.00. The van der Waals surface area contributed by atoms with Crippen molar-refractivity contribution in [3.8, 4) is 5.75 Å². The van der Waals surface area contributed by atoms with Gasteiger partial charge < -0.3 is 25.5 Å². The molecule has 2 aromatic carbocycles. The largest absolute Gasteiger partial charge is 0.506 e. The van der Waals surface area contributed by atoms with Gasteiger partial charge in [-0.15, -0.1) is 0 Å². The van der Waals surface area contributed by atoms with Crippen molar-refractivity contribution in [3.63, 3.8) is 0 Å². The topological polar surface area (TPSA) is 80.2 Å². The van der Waals surface area contributed by atoms with Gasteiger partial charge in [-0.25, -0.2) is 0 Å². The number of para-hydroxylation sites is 2. The van der Waals surface area contributed by atoms with Gasteiger partial charge in [-0.3, -0.25) is 9.79 Å². The molecule has 1 fully saturated rings. The lowest BCUT2D eigenvalue weighted by molar-refractivity contribution is -0.120. The van der Waals surface area contributed by atoms with E-state index < -0.39 is 0 Å². The first-order chi connectivity index (χ1) is 14.2. The summed E-state index contributed by atoms with van der Waals surface area (Å²) in [5.74, 6) is 0.977. The van der Waals surface area contributed by atoms with Gasteiger partial charge in [0.2, 0.25) is 5.91 Å². The highest BCUT2D eigenvalue weighted by atomic mass is 16.3. The SMILES string of the molecule is CN=C(NCC(=O)NCCc1ccccc1)N1CCN(c2ccccc2O)CC1. The molecule has 0 saturated carbocycles. The van der Waals surface area contributed by atoms with Gasteiger partial charge in [-0.05, 0) is 24.1 Å². The molecule has 3 N–H and O–H groups in total. The minimum absolute atomic E-state index is 0.0464. The number of amides is 1. The molecule has 0 atom stereocenters. The zero-order valence-corrected chi connectivity index (χ0v) is 16.8. The van der Waals surface area contributed by atoms with Gasteiger partial charge in [0.05, 0.1) is 12.2 Å². The Labute approximate surface area is 172 Å². The van der Waals surface area contributed by atoms with E-state index in [0.29, 0.717) is 12.3 Å². The molecular weight excluding hydrogens is 366 g/mol. The number of aliphatic imine (C=N–C) groups is 1. The van der Waals surface area contributed by atoms with E-state index in [9.17, 15) is 9.90 Å². The lowest BCUT2D eigenvalue weighted by Gasteiger charge is -2.37. The highest BCUT2D eigenvalue weighted by Crippen LogP contribution is 2.27. The number of nitrogens with zero attached hydrogens (tertiary/aromatic N) is 3. The Morgan fingerprint density at radius 2 is 1.69 bits per heavy atom. The first-order valence-corrected chi connectivity index (χ1v) is 9.96. The number of anilines is 1. The van der Waals surface area contributed by atoms with E-state index in [4.69, 9.17) is 0 Å². The molecule has 3 rings (SSSR count). The normalized spacial score (nSPS) is 14.6. The predicted octanol–water partition coefficient (Wildman–Crippen LogP) is 1.45. The molecular formula is C22H29N5O2. The summed E-state index contributed by atoms with van der Waals surface area (Å²) in [6.07, 6.45) is 0.815. The molecule has 1 aliphatic rings. The van der Waals surface area contributed by atoms with Crippen LogP contribution in [0, 0.1) is 0 Å². The molecule has 0 bridgehead atoms. The van der Waals surface area contributed by atoms with Gasteiger partial charge in [0.15, 0.2) is 5.96 Å². The number of hydrogen-bond acceptors (Lipinski definition) is 4. The standard InChI is InChI=1S/C22H29N5O2/c1-23-22(25-17-21(29)24-12-11-18-7-3-2-4-8-18)27-15-13-26(14-16-27)19-9-5-6-10-20(19)28/h2-10,28H,11-17H2,1H3,(H,23,25)(H,24,29). The van der Waals surface area contributed by atoms with Crippen LogP contribution in [0.3, 0.4) is 0 Å². The fourth-order valence-electron chi connectivity index (χ4n) is 3.44. The van der Waals surface area contributed by atoms with Crippen LogP contribution in [0.2, 0.25) is 0 Å². The van der Waals surface area contributed by atoms with E-state index in [-0.39, 0.29) is 12.5 Å². The van der Waals surface area contributed by atoms with Crippen LogP contribution in [0.15, 0.2) is 59.6 Å². The molecule has 1 heterocycles. The molecule has 1 saturated heterocycles. The van der Waals surface area contributed by atoms with Crippen molar-refractivity contribution in [1.29, 1.82) is 0 Å². The second-order valence-corrected chi connectivity index (χ2v) is 6.95. The summed E-state index contributed by atoms with van der Waals surface area (Å²) in [5, 5.41) is 16.1. The molecule has 0 unspecified atom stereocenters. The summed E-state index contributed by atoms with van der Waals surface area (Å²) in [4.78, 5) is 20.7. The van der Waals surface area contributed by atoms with Crippen LogP contribution in [-0.4, -0.2) is 68.2 Å². The van der Waals surface area contributed by atoms with Gasteiger partial charge in [-0.1, -0.05) is 42.5 Å². The van der Waals surface area contributed by atoms with Crippen molar-refractivity contribution < 1.29 is 9.90 Å². The number of hydrogen-bond donors (Lipinski definition) is 3. The number of carbonyl (C=O) groups is 1. The van der Waals surface area contributed by atoms with Crippen molar-refractivity contribution in [1.82, 2.24) is 15.5 Å².